The molecule has 0 atom stereocenters. The van der Waals surface area contributed by atoms with Crippen molar-refractivity contribution in [3.63, 3.8) is 0 Å². The second-order valence-corrected chi connectivity index (χ2v) is 6.34. The summed E-state index contributed by atoms with van der Waals surface area (Å²) in [5.41, 5.74) is 4.77. The van der Waals surface area contributed by atoms with Crippen molar-refractivity contribution in [1.82, 2.24) is 4.98 Å². The van der Waals surface area contributed by atoms with Crippen molar-refractivity contribution in [3.05, 3.63) is 40.4 Å². The van der Waals surface area contributed by atoms with Crippen molar-refractivity contribution in [3.8, 4) is 0 Å². The Kier molecular flexibility index (Phi) is 5.19. The lowest BCUT2D eigenvalue weighted by molar-refractivity contribution is -0.116. The first kappa shape index (κ1) is 16.5. The maximum atomic E-state index is 11.4. The van der Waals surface area contributed by atoms with E-state index in [1.165, 1.54) is 28.2 Å². The van der Waals surface area contributed by atoms with Gasteiger partial charge in [-0.05, 0) is 38.0 Å². The molecule has 1 aromatic carbocycles. The normalized spacial score (nSPS) is 10.6. The van der Waals surface area contributed by atoms with Crippen LogP contribution >= 0.6 is 11.3 Å². The summed E-state index contributed by atoms with van der Waals surface area (Å²) >= 11 is 1.51. The number of thiazole rings is 1. The monoisotopic (exact) mass is 317 g/mol. The van der Waals surface area contributed by atoms with Gasteiger partial charge in [-0.1, -0.05) is 12.1 Å². The van der Waals surface area contributed by atoms with Crippen LogP contribution in [0.4, 0.5) is 10.8 Å². The van der Waals surface area contributed by atoms with Crippen LogP contribution in [0, 0.1) is 13.8 Å². The van der Waals surface area contributed by atoms with Gasteiger partial charge in [-0.2, -0.15) is 0 Å². The van der Waals surface area contributed by atoms with Crippen LogP contribution in [0.1, 0.15) is 30.7 Å². The van der Waals surface area contributed by atoms with Gasteiger partial charge in [0.25, 0.3) is 0 Å². The van der Waals surface area contributed by atoms with Crippen molar-refractivity contribution in [2.75, 3.05) is 23.4 Å². The molecule has 118 valence electrons. The van der Waals surface area contributed by atoms with Crippen LogP contribution in [-0.2, 0) is 11.3 Å². The van der Waals surface area contributed by atoms with Crippen molar-refractivity contribution in [2.24, 2.45) is 0 Å². The summed E-state index contributed by atoms with van der Waals surface area (Å²) in [6, 6.07) is 6.51. The third-order valence-electron chi connectivity index (χ3n) is 3.74. The van der Waals surface area contributed by atoms with E-state index < -0.39 is 0 Å². The summed E-state index contributed by atoms with van der Waals surface area (Å²) in [7, 11) is 1.76. The highest BCUT2D eigenvalue weighted by molar-refractivity contribution is 7.14. The Morgan fingerprint density at radius 2 is 2.05 bits per heavy atom. The molecule has 0 aliphatic carbocycles. The van der Waals surface area contributed by atoms with Crippen LogP contribution in [0.3, 0.4) is 0 Å². The van der Waals surface area contributed by atoms with Gasteiger partial charge in [-0.15, -0.1) is 11.3 Å². The first-order chi connectivity index (χ1) is 10.4. The molecule has 22 heavy (non-hydrogen) atoms. The standard InChI is InChI=1S/C17H23N3OS/c1-6-20(16-9-12(2)7-8-13(16)3)10-15-11-22-17(18-15)19(5)14(4)21/h7-9,11H,6,10H2,1-5H3. The number of nitrogens with zero attached hydrogens (tertiary/aromatic N) is 3. The molecule has 0 saturated carbocycles. The molecule has 0 fully saturated rings. The first-order valence-electron chi connectivity index (χ1n) is 7.43. The van der Waals surface area contributed by atoms with Gasteiger partial charge >= 0.3 is 0 Å². The van der Waals surface area contributed by atoms with Gasteiger partial charge in [0, 0.05) is 31.6 Å². The predicted molar refractivity (Wildman–Crippen MR) is 93.8 cm³/mol. The van der Waals surface area contributed by atoms with E-state index >= 15 is 0 Å². The molecular formula is C17H23N3OS. The largest absolute Gasteiger partial charge is 0.366 e. The molecule has 0 bridgehead atoms. The van der Waals surface area contributed by atoms with Gasteiger partial charge in [-0.25, -0.2) is 4.98 Å². The van der Waals surface area contributed by atoms with Crippen molar-refractivity contribution in [1.29, 1.82) is 0 Å². The highest BCUT2D eigenvalue weighted by Crippen LogP contribution is 2.25. The second kappa shape index (κ2) is 6.92. The topological polar surface area (TPSA) is 36.4 Å². The predicted octanol–water partition coefficient (Wildman–Crippen LogP) is 3.77. The molecule has 0 aliphatic rings. The first-order valence-corrected chi connectivity index (χ1v) is 8.31. The molecule has 1 amide bonds. The van der Waals surface area contributed by atoms with Crippen LogP contribution in [-0.4, -0.2) is 24.5 Å². The summed E-state index contributed by atoms with van der Waals surface area (Å²) in [5, 5.41) is 2.78. The van der Waals surface area contributed by atoms with Gasteiger partial charge in [-0.3, -0.25) is 9.69 Å². The zero-order valence-corrected chi connectivity index (χ0v) is 14.7. The number of hydrogen-bond acceptors (Lipinski definition) is 4. The minimum absolute atomic E-state index is 0.00257. The van der Waals surface area contributed by atoms with Gasteiger partial charge < -0.3 is 4.90 Å². The Bertz CT molecular complexity index is 666. The van der Waals surface area contributed by atoms with E-state index in [0.717, 1.165) is 23.9 Å². The zero-order chi connectivity index (χ0) is 16.3. The fraction of sp³-hybridized carbons (Fsp3) is 0.412. The Morgan fingerprint density at radius 1 is 1.32 bits per heavy atom. The quantitative estimate of drug-likeness (QED) is 0.842. The van der Waals surface area contributed by atoms with E-state index in [1.807, 2.05) is 5.38 Å². The molecule has 1 heterocycles. The van der Waals surface area contributed by atoms with E-state index in [4.69, 9.17) is 0 Å². The Hall–Kier alpha value is -1.88. The van der Waals surface area contributed by atoms with Crippen LogP contribution in [0.15, 0.2) is 23.6 Å². The van der Waals surface area contributed by atoms with Gasteiger partial charge in [0.15, 0.2) is 5.13 Å². The lowest BCUT2D eigenvalue weighted by Gasteiger charge is -2.24. The summed E-state index contributed by atoms with van der Waals surface area (Å²) < 4.78 is 0. The van der Waals surface area contributed by atoms with Crippen LogP contribution < -0.4 is 9.80 Å². The van der Waals surface area contributed by atoms with Crippen LogP contribution in [0.2, 0.25) is 0 Å². The minimum atomic E-state index is 0.00257. The van der Waals surface area contributed by atoms with E-state index in [2.05, 4.69) is 48.9 Å². The molecule has 0 radical (unpaired) electrons. The summed E-state index contributed by atoms with van der Waals surface area (Å²) in [4.78, 5) is 19.9. The fourth-order valence-corrected chi connectivity index (χ4v) is 3.11. The third-order valence-corrected chi connectivity index (χ3v) is 4.70. The number of anilines is 2. The number of rotatable bonds is 5. The van der Waals surface area contributed by atoms with Crippen molar-refractivity contribution in [2.45, 2.75) is 34.2 Å². The second-order valence-electron chi connectivity index (χ2n) is 5.50. The molecule has 4 nitrogen and oxygen atoms in total. The smallest absolute Gasteiger partial charge is 0.225 e. The Balaban J connectivity index is 2.20. The van der Waals surface area contributed by atoms with Crippen molar-refractivity contribution < 1.29 is 4.79 Å². The molecule has 0 unspecified atom stereocenters. The third kappa shape index (κ3) is 3.65. The molecule has 1 aromatic heterocycles. The highest BCUT2D eigenvalue weighted by Gasteiger charge is 2.14. The summed E-state index contributed by atoms with van der Waals surface area (Å²) in [6.07, 6.45) is 0. The molecule has 2 rings (SSSR count). The van der Waals surface area contributed by atoms with E-state index in [0.29, 0.717) is 0 Å². The van der Waals surface area contributed by atoms with E-state index in [-0.39, 0.29) is 5.91 Å². The van der Waals surface area contributed by atoms with Crippen LogP contribution in [0.5, 0.6) is 0 Å². The van der Waals surface area contributed by atoms with E-state index in [1.54, 1.807) is 18.9 Å². The molecule has 0 saturated heterocycles. The maximum absolute atomic E-state index is 11.4. The molecular weight excluding hydrogens is 294 g/mol. The molecule has 0 N–H and O–H groups in total. The van der Waals surface area contributed by atoms with Crippen molar-refractivity contribution >= 4 is 28.1 Å². The lowest BCUT2D eigenvalue weighted by Crippen LogP contribution is -2.24. The average molecular weight is 317 g/mol. The van der Waals surface area contributed by atoms with Gasteiger partial charge in [0.1, 0.15) is 0 Å². The van der Waals surface area contributed by atoms with Gasteiger partial charge in [0.2, 0.25) is 5.91 Å². The average Bonchev–Trinajstić information content (AvgIpc) is 2.95. The number of carbonyl (C=O) groups is 1. The number of hydrogen-bond donors (Lipinski definition) is 0. The van der Waals surface area contributed by atoms with E-state index in [9.17, 15) is 4.79 Å². The number of carbonyl (C=O) groups excluding carboxylic acids is 1. The maximum Gasteiger partial charge on any atom is 0.225 e. The highest BCUT2D eigenvalue weighted by atomic mass is 32.1. The summed E-state index contributed by atoms with van der Waals surface area (Å²) in [6.45, 7) is 9.61. The number of aryl methyl sites for hydroxylation is 2. The Morgan fingerprint density at radius 3 is 2.68 bits per heavy atom. The fourth-order valence-electron chi connectivity index (χ4n) is 2.28. The van der Waals surface area contributed by atoms with Gasteiger partial charge in [0.05, 0.1) is 12.2 Å². The number of amides is 1. The SMILES string of the molecule is CCN(Cc1csc(N(C)C(C)=O)n1)c1cc(C)ccc1C. The summed E-state index contributed by atoms with van der Waals surface area (Å²) in [5.74, 6) is 0.00257. The minimum Gasteiger partial charge on any atom is -0.366 e. The lowest BCUT2D eigenvalue weighted by atomic mass is 10.1. The molecule has 0 aliphatic heterocycles. The molecule has 2 aromatic rings. The number of benzene rings is 1. The molecule has 0 spiro atoms. The molecule has 5 heteroatoms. The zero-order valence-electron chi connectivity index (χ0n) is 13.9. The van der Waals surface area contributed by atoms with Crippen LogP contribution in [0.25, 0.3) is 0 Å². The Labute approximate surface area is 136 Å². The number of aromatic nitrogens is 1.